The maximum Gasteiger partial charge on any atom is 0.379 e. The van der Waals surface area contributed by atoms with Gasteiger partial charge in [-0.15, -0.1) is 0 Å². The van der Waals surface area contributed by atoms with Crippen LogP contribution in [0.2, 0.25) is 0 Å². The molecule has 22 heavy (non-hydrogen) atoms. The Kier molecular flexibility index (Phi) is 3.34. The highest BCUT2D eigenvalue weighted by molar-refractivity contribution is 5.93. The molecule has 3 rings (SSSR count). The van der Waals surface area contributed by atoms with Crippen LogP contribution in [0.25, 0.3) is 11.0 Å². The van der Waals surface area contributed by atoms with Crippen molar-refractivity contribution in [3.8, 4) is 5.75 Å². The third-order valence-electron chi connectivity index (χ3n) is 3.20. The van der Waals surface area contributed by atoms with Crippen molar-refractivity contribution < 1.29 is 18.9 Å². The first kappa shape index (κ1) is 13.8. The number of rotatable bonds is 3. The van der Waals surface area contributed by atoms with Gasteiger partial charge in [-0.1, -0.05) is 18.2 Å². The number of carbonyl (C=O) groups excluding carboxylic acids is 1. The Bertz CT molecular complexity index is 848. The number of aryl methyl sites for hydroxylation is 1. The maximum atomic E-state index is 12.1. The molecule has 0 fully saturated rings. The highest BCUT2D eigenvalue weighted by Crippen LogP contribution is 2.25. The highest BCUT2D eigenvalue weighted by atomic mass is 16.6. The summed E-state index contributed by atoms with van der Waals surface area (Å²) in [7, 11) is 0. The van der Waals surface area contributed by atoms with E-state index in [1.807, 2.05) is 12.1 Å². The lowest BCUT2D eigenvalue weighted by Gasteiger charge is -2.03. The van der Waals surface area contributed by atoms with Crippen LogP contribution in [0.1, 0.15) is 16.1 Å². The van der Waals surface area contributed by atoms with Gasteiger partial charge in [-0.25, -0.2) is 4.79 Å². The second-order valence-electron chi connectivity index (χ2n) is 4.74. The van der Waals surface area contributed by atoms with Crippen molar-refractivity contribution >= 4 is 22.6 Å². The smallest absolute Gasteiger partial charge is 0.379 e. The lowest BCUT2D eigenvalue weighted by atomic mass is 10.2. The van der Waals surface area contributed by atoms with E-state index in [9.17, 15) is 14.9 Å². The second-order valence-corrected chi connectivity index (χ2v) is 4.74. The number of fused-ring (bicyclic) bond motifs is 1. The van der Waals surface area contributed by atoms with E-state index in [-0.39, 0.29) is 17.2 Å². The fourth-order valence-corrected chi connectivity index (χ4v) is 2.14. The standard InChI is InChI=1S/C16H11NO5/c1-10-8-12(6-7-13(10)17(19)20)21-16(18)15-9-11-4-2-3-5-14(11)22-15/h2-9H,1H3. The summed E-state index contributed by atoms with van der Waals surface area (Å²) in [5.74, 6) is -0.338. The monoisotopic (exact) mass is 297 g/mol. The summed E-state index contributed by atoms with van der Waals surface area (Å²) in [6.45, 7) is 1.58. The van der Waals surface area contributed by atoms with E-state index in [0.717, 1.165) is 5.39 Å². The van der Waals surface area contributed by atoms with Crippen molar-refractivity contribution in [3.63, 3.8) is 0 Å². The van der Waals surface area contributed by atoms with Crippen LogP contribution >= 0.6 is 0 Å². The van der Waals surface area contributed by atoms with Crippen molar-refractivity contribution in [1.82, 2.24) is 0 Å². The van der Waals surface area contributed by atoms with Gasteiger partial charge >= 0.3 is 5.97 Å². The van der Waals surface area contributed by atoms with Crippen molar-refractivity contribution in [2.75, 3.05) is 0 Å². The molecule has 0 N–H and O–H groups in total. The van der Waals surface area contributed by atoms with Crippen LogP contribution in [0.3, 0.4) is 0 Å². The van der Waals surface area contributed by atoms with Gasteiger partial charge in [-0.05, 0) is 31.2 Å². The van der Waals surface area contributed by atoms with Crippen molar-refractivity contribution in [1.29, 1.82) is 0 Å². The zero-order valence-electron chi connectivity index (χ0n) is 11.6. The molecule has 0 aliphatic heterocycles. The molecule has 0 saturated carbocycles. The van der Waals surface area contributed by atoms with Crippen molar-refractivity contribution in [2.24, 2.45) is 0 Å². The summed E-state index contributed by atoms with van der Waals surface area (Å²) in [5.41, 5.74) is 0.984. The minimum Gasteiger partial charge on any atom is -0.449 e. The third-order valence-corrected chi connectivity index (χ3v) is 3.20. The number of hydrogen-bond donors (Lipinski definition) is 0. The average molecular weight is 297 g/mol. The SMILES string of the molecule is Cc1cc(OC(=O)c2cc3ccccc3o2)ccc1[N+](=O)[O-]. The Balaban J connectivity index is 1.84. The number of nitrogens with zero attached hydrogens (tertiary/aromatic N) is 1. The van der Waals surface area contributed by atoms with Gasteiger partial charge in [0, 0.05) is 17.0 Å². The van der Waals surface area contributed by atoms with Gasteiger partial charge in [0.05, 0.1) is 4.92 Å². The van der Waals surface area contributed by atoms with Crippen LogP contribution in [0.4, 0.5) is 5.69 Å². The highest BCUT2D eigenvalue weighted by Gasteiger charge is 2.16. The zero-order chi connectivity index (χ0) is 15.7. The van der Waals surface area contributed by atoms with E-state index in [2.05, 4.69) is 0 Å². The molecule has 0 aliphatic carbocycles. The first-order chi connectivity index (χ1) is 10.5. The predicted octanol–water partition coefficient (Wildman–Crippen LogP) is 3.87. The van der Waals surface area contributed by atoms with Crippen LogP contribution in [0.5, 0.6) is 5.75 Å². The van der Waals surface area contributed by atoms with Gasteiger partial charge in [-0.2, -0.15) is 0 Å². The molecule has 1 aromatic heterocycles. The lowest BCUT2D eigenvalue weighted by molar-refractivity contribution is -0.385. The third kappa shape index (κ3) is 2.54. The number of carbonyl (C=O) groups is 1. The molecule has 6 heteroatoms. The molecular formula is C16H11NO5. The topological polar surface area (TPSA) is 82.6 Å². The minimum atomic E-state index is -0.649. The molecule has 0 saturated heterocycles. The quantitative estimate of drug-likeness (QED) is 0.317. The van der Waals surface area contributed by atoms with Crippen LogP contribution in [0.15, 0.2) is 52.9 Å². The molecule has 0 unspecified atom stereocenters. The first-order valence-corrected chi connectivity index (χ1v) is 6.50. The predicted molar refractivity (Wildman–Crippen MR) is 79.0 cm³/mol. The summed E-state index contributed by atoms with van der Waals surface area (Å²) in [6.07, 6.45) is 0. The molecule has 0 aliphatic rings. The Morgan fingerprint density at radius 1 is 1.18 bits per heavy atom. The molecule has 2 aromatic carbocycles. The number of benzene rings is 2. The van der Waals surface area contributed by atoms with Crippen molar-refractivity contribution in [3.05, 3.63) is 70.0 Å². The van der Waals surface area contributed by atoms with Gasteiger partial charge in [-0.3, -0.25) is 10.1 Å². The Morgan fingerprint density at radius 2 is 1.95 bits per heavy atom. The second kappa shape index (κ2) is 5.33. The van der Waals surface area contributed by atoms with Crippen molar-refractivity contribution in [2.45, 2.75) is 6.92 Å². The number of ether oxygens (including phenoxy) is 1. The van der Waals surface area contributed by atoms with E-state index < -0.39 is 10.9 Å². The molecule has 3 aromatic rings. The first-order valence-electron chi connectivity index (χ1n) is 6.50. The Labute approximate surface area is 125 Å². The molecule has 0 amide bonds. The molecule has 0 radical (unpaired) electrons. The Morgan fingerprint density at radius 3 is 2.64 bits per heavy atom. The number of nitro benzene ring substituents is 1. The maximum absolute atomic E-state index is 12.1. The van der Waals surface area contributed by atoms with E-state index in [4.69, 9.17) is 9.15 Å². The summed E-state index contributed by atoms with van der Waals surface area (Å²) in [5, 5.41) is 11.6. The Hall–Kier alpha value is -3.15. The van der Waals surface area contributed by atoms with Crippen LogP contribution in [-0.2, 0) is 0 Å². The van der Waals surface area contributed by atoms with E-state index >= 15 is 0 Å². The van der Waals surface area contributed by atoms with E-state index in [0.29, 0.717) is 11.1 Å². The minimum absolute atomic E-state index is 0.0245. The van der Waals surface area contributed by atoms with E-state index in [1.165, 1.54) is 18.2 Å². The summed E-state index contributed by atoms with van der Waals surface area (Å²) < 4.78 is 10.6. The molecule has 0 bridgehead atoms. The molecule has 1 heterocycles. The van der Waals surface area contributed by atoms with Crippen LogP contribution in [-0.4, -0.2) is 10.9 Å². The fourth-order valence-electron chi connectivity index (χ4n) is 2.14. The summed E-state index contributed by atoms with van der Waals surface area (Å²) in [4.78, 5) is 22.3. The molecule has 110 valence electrons. The number of hydrogen-bond acceptors (Lipinski definition) is 5. The largest absolute Gasteiger partial charge is 0.449 e. The molecule has 6 nitrogen and oxygen atoms in total. The van der Waals surface area contributed by atoms with Gasteiger partial charge in [0.1, 0.15) is 11.3 Å². The average Bonchev–Trinajstić information content (AvgIpc) is 2.91. The van der Waals surface area contributed by atoms with Gasteiger partial charge in [0.15, 0.2) is 0 Å². The van der Waals surface area contributed by atoms with Crippen LogP contribution < -0.4 is 4.74 Å². The van der Waals surface area contributed by atoms with Gasteiger partial charge in [0.2, 0.25) is 5.76 Å². The number of furan rings is 1. The molecule has 0 atom stereocenters. The van der Waals surface area contributed by atoms with Crippen LogP contribution in [0, 0.1) is 17.0 Å². The van der Waals surface area contributed by atoms with E-state index in [1.54, 1.807) is 25.1 Å². The summed E-state index contributed by atoms with van der Waals surface area (Å²) in [6, 6.07) is 12.9. The van der Waals surface area contributed by atoms with Gasteiger partial charge < -0.3 is 9.15 Å². The fraction of sp³-hybridized carbons (Fsp3) is 0.0625. The normalized spacial score (nSPS) is 10.6. The summed E-state index contributed by atoms with van der Waals surface area (Å²) >= 11 is 0. The molecule has 0 spiro atoms. The number of nitro groups is 1. The zero-order valence-corrected chi connectivity index (χ0v) is 11.6. The number of para-hydroxylation sites is 1. The number of esters is 1. The van der Waals surface area contributed by atoms with Gasteiger partial charge in [0.25, 0.3) is 5.69 Å². The lowest BCUT2D eigenvalue weighted by Crippen LogP contribution is -2.07. The molecular weight excluding hydrogens is 286 g/mol.